The molecule has 146 valence electrons. The minimum atomic E-state index is -1.11. The molecule has 3 rings (SSSR count). The second-order valence-corrected chi connectivity index (χ2v) is 6.55. The topological polar surface area (TPSA) is 143 Å². The van der Waals surface area contributed by atoms with Gasteiger partial charge in [0, 0.05) is 12.6 Å². The first-order valence-electron chi connectivity index (χ1n) is 7.80. The molecule has 0 aliphatic heterocycles. The summed E-state index contributed by atoms with van der Waals surface area (Å²) < 4.78 is 6.49. The number of halogens is 2. The highest BCUT2D eigenvalue weighted by molar-refractivity contribution is 6.37. The number of aliphatic hydroxyl groups is 1. The van der Waals surface area contributed by atoms with Crippen molar-refractivity contribution in [2.24, 2.45) is 7.05 Å². The molecule has 1 aromatic carbocycles. The lowest BCUT2D eigenvalue weighted by molar-refractivity contribution is 0.191. The van der Waals surface area contributed by atoms with Crippen molar-refractivity contribution >= 4 is 23.2 Å². The number of benzene rings is 1. The first-order chi connectivity index (χ1) is 13.2. The van der Waals surface area contributed by atoms with E-state index in [9.17, 15) is 19.5 Å². The molecular formula is C16H13Cl2N5O5. The zero-order valence-corrected chi connectivity index (χ0v) is 16.0. The van der Waals surface area contributed by atoms with Crippen molar-refractivity contribution in [2.75, 3.05) is 0 Å². The van der Waals surface area contributed by atoms with E-state index in [4.69, 9.17) is 27.9 Å². The lowest BCUT2D eigenvalue weighted by Crippen LogP contribution is -2.31. The Morgan fingerprint density at radius 1 is 1.18 bits per heavy atom. The molecule has 2 aromatic heterocycles. The lowest BCUT2D eigenvalue weighted by Gasteiger charge is -2.12. The van der Waals surface area contributed by atoms with Crippen LogP contribution < -0.4 is 21.5 Å². The Morgan fingerprint density at radius 2 is 1.82 bits per heavy atom. The fourth-order valence-corrected chi connectivity index (χ4v) is 2.87. The molecule has 3 aromatic rings. The highest BCUT2D eigenvalue weighted by atomic mass is 35.5. The molecular weight excluding hydrogens is 413 g/mol. The van der Waals surface area contributed by atoms with Crippen LogP contribution in [0.15, 0.2) is 32.7 Å². The summed E-state index contributed by atoms with van der Waals surface area (Å²) in [6.07, 6.45) is 0.0803. The maximum absolute atomic E-state index is 12.0. The van der Waals surface area contributed by atoms with Gasteiger partial charge in [-0.2, -0.15) is 5.10 Å². The molecule has 0 unspecified atom stereocenters. The molecule has 0 aliphatic carbocycles. The van der Waals surface area contributed by atoms with Gasteiger partial charge in [0.05, 0.1) is 22.3 Å². The van der Waals surface area contributed by atoms with Gasteiger partial charge in [0.2, 0.25) is 5.88 Å². The van der Waals surface area contributed by atoms with Crippen LogP contribution in [0.3, 0.4) is 0 Å². The van der Waals surface area contributed by atoms with Gasteiger partial charge in [-0.1, -0.05) is 23.2 Å². The van der Waals surface area contributed by atoms with E-state index >= 15 is 0 Å². The van der Waals surface area contributed by atoms with Crippen LogP contribution in [0.4, 0.5) is 0 Å². The number of rotatable bonds is 4. The molecule has 12 heteroatoms. The molecule has 0 amide bonds. The summed E-state index contributed by atoms with van der Waals surface area (Å²) >= 11 is 12.4. The number of ether oxygens (including phenoxy) is 1. The van der Waals surface area contributed by atoms with E-state index in [-0.39, 0.29) is 38.6 Å². The maximum Gasteiger partial charge on any atom is 0.344 e. The smallest absolute Gasteiger partial charge is 0.344 e. The van der Waals surface area contributed by atoms with Crippen LogP contribution in [-0.2, 0) is 7.05 Å². The first kappa shape index (κ1) is 19.8. The van der Waals surface area contributed by atoms with Crippen molar-refractivity contribution in [1.29, 1.82) is 0 Å². The maximum atomic E-state index is 12.0. The van der Waals surface area contributed by atoms with Crippen LogP contribution >= 0.6 is 23.2 Å². The summed E-state index contributed by atoms with van der Waals surface area (Å²) in [6.45, 7) is 1.38. The normalized spacial score (nSPS) is 12.0. The van der Waals surface area contributed by atoms with Crippen molar-refractivity contribution in [3.63, 3.8) is 0 Å². The number of aliphatic hydroxyl groups excluding tert-OH is 1. The van der Waals surface area contributed by atoms with E-state index in [1.807, 2.05) is 0 Å². The SMILES string of the molecule is C[C@H](O)c1nc(Oc2c(Cl)cc(-c3nn(C)c(=O)[nH]c3=O)cc2Cl)c[nH]c1=O. The van der Waals surface area contributed by atoms with Gasteiger partial charge in [-0.15, -0.1) is 0 Å². The van der Waals surface area contributed by atoms with Crippen molar-refractivity contribution in [1.82, 2.24) is 24.7 Å². The van der Waals surface area contributed by atoms with Crippen molar-refractivity contribution in [2.45, 2.75) is 13.0 Å². The number of hydrogen-bond acceptors (Lipinski definition) is 7. The Balaban J connectivity index is 2.03. The highest BCUT2D eigenvalue weighted by Gasteiger charge is 2.17. The molecule has 0 saturated carbocycles. The third-order valence-corrected chi connectivity index (χ3v) is 4.21. The Morgan fingerprint density at radius 3 is 2.43 bits per heavy atom. The fraction of sp³-hybridized carbons (Fsp3) is 0.188. The summed E-state index contributed by atoms with van der Waals surface area (Å²) in [7, 11) is 1.38. The van der Waals surface area contributed by atoms with Crippen LogP contribution in [0.1, 0.15) is 18.7 Å². The van der Waals surface area contributed by atoms with Gasteiger partial charge in [0.15, 0.2) is 11.4 Å². The fourth-order valence-electron chi connectivity index (χ4n) is 2.30. The van der Waals surface area contributed by atoms with E-state index in [1.54, 1.807) is 0 Å². The van der Waals surface area contributed by atoms with Crippen molar-refractivity contribution in [3.8, 4) is 22.9 Å². The van der Waals surface area contributed by atoms with Gasteiger partial charge in [0.25, 0.3) is 11.1 Å². The number of H-pyrrole nitrogens is 2. The molecule has 2 heterocycles. The van der Waals surface area contributed by atoms with Crippen LogP contribution in [-0.4, -0.2) is 29.8 Å². The van der Waals surface area contributed by atoms with Crippen molar-refractivity contribution < 1.29 is 9.84 Å². The van der Waals surface area contributed by atoms with Crippen LogP contribution in [0.2, 0.25) is 10.0 Å². The molecule has 1 atom stereocenters. The van der Waals surface area contributed by atoms with E-state index in [0.717, 1.165) is 4.68 Å². The second-order valence-electron chi connectivity index (χ2n) is 5.73. The molecule has 28 heavy (non-hydrogen) atoms. The Labute approximate surface area is 166 Å². The highest BCUT2D eigenvalue weighted by Crippen LogP contribution is 2.38. The van der Waals surface area contributed by atoms with Gasteiger partial charge in [0.1, 0.15) is 5.69 Å². The van der Waals surface area contributed by atoms with Crippen LogP contribution in [0.5, 0.6) is 11.6 Å². The molecule has 10 nitrogen and oxygen atoms in total. The summed E-state index contributed by atoms with van der Waals surface area (Å²) in [5, 5.41) is 13.5. The monoisotopic (exact) mass is 425 g/mol. The third kappa shape index (κ3) is 3.84. The van der Waals surface area contributed by atoms with E-state index < -0.39 is 22.9 Å². The quantitative estimate of drug-likeness (QED) is 0.572. The molecule has 0 saturated heterocycles. The van der Waals surface area contributed by atoms with Gasteiger partial charge in [-0.25, -0.2) is 14.5 Å². The number of aryl methyl sites for hydroxylation is 1. The largest absolute Gasteiger partial charge is 0.434 e. The van der Waals surface area contributed by atoms with Crippen LogP contribution in [0.25, 0.3) is 11.3 Å². The van der Waals surface area contributed by atoms with E-state index in [2.05, 4.69) is 20.1 Å². The lowest BCUT2D eigenvalue weighted by atomic mass is 10.1. The molecule has 0 fully saturated rings. The number of nitrogens with zero attached hydrogens (tertiary/aromatic N) is 3. The predicted octanol–water partition coefficient (Wildman–Crippen LogP) is 1.37. The predicted molar refractivity (Wildman–Crippen MR) is 101 cm³/mol. The number of aromatic nitrogens is 5. The summed E-state index contributed by atoms with van der Waals surface area (Å²) in [4.78, 5) is 43.5. The minimum Gasteiger partial charge on any atom is -0.434 e. The standard InChI is InChI=1S/C16H13Cl2N5O5/c1-6(24)11-14(25)19-5-10(20-11)28-13-8(17)3-7(4-9(13)18)12-15(26)21-16(27)23(2)22-12/h3-6,24H,1-2H3,(H,19,25)(H,21,26,27)/t6-/m0/s1. The Hall–Kier alpha value is -2.95. The molecule has 3 N–H and O–H groups in total. The van der Waals surface area contributed by atoms with E-state index in [1.165, 1.54) is 32.3 Å². The Bertz CT molecular complexity index is 1210. The molecule has 0 aliphatic rings. The van der Waals surface area contributed by atoms with Crippen molar-refractivity contribution in [3.05, 3.63) is 65.3 Å². The number of nitrogens with one attached hydrogen (secondary N) is 2. The molecule has 0 radical (unpaired) electrons. The summed E-state index contributed by atoms with van der Waals surface area (Å²) in [5.41, 5.74) is -1.86. The molecule has 0 bridgehead atoms. The van der Waals surface area contributed by atoms with E-state index in [0.29, 0.717) is 0 Å². The average Bonchev–Trinajstić information content (AvgIpc) is 2.62. The number of aromatic amines is 2. The minimum absolute atomic E-state index is 0.0180. The third-order valence-electron chi connectivity index (χ3n) is 3.64. The average molecular weight is 426 g/mol. The summed E-state index contributed by atoms with van der Waals surface area (Å²) in [5.74, 6) is -0.0328. The number of hydrogen-bond donors (Lipinski definition) is 3. The summed E-state index contributed by atoms with van der Waals surface area (Å²) in [6, 6.07) is 2.76. The Kier molecular flexibility index (Phi) is 5.36. The zero-order valence-electron chi connectivity index (χ0n) is 14.5. The van der Waals surface area contributed by atoms with Crippen LogP contribution in [0, 0.1) is 0 Å². The molecule has 0 spiro atoms. The first-order valence-corrected chi connectivity index (χ1v) is 8.55. The second kappa shape index (κ2) is 7.58. The van der Waals surface area contributed by atoms with Gasteiger partial charge < -0.3 is 14.8 Å². The zero-order chi connectivity index (χ0) is 20.6. The van der Waals surface area contributed by atoms with Gasteiger partial charge >= 0.3 is 5.69 Å². The van der Waals surface area contributed by atoms with Gasteiger partial charge in [-0.3, -0.25) is 14.6 Å². The van der Waals surface area contributed by atoms with Gasteiger partial charge in [-0.05, 0) is 19.1 Å².